The molecule has 3 rings (SSSR count). The van der Waals surface area contributed by atoms with E-state index in [2.05, 4.69) is 4.99 Å². The molecular weight excluding hydrogens is 224 g/mol. The van der Waals surface area contributed by atoms with Crippen LogP contribution < -0.4 is 0 Å². The minimum atomic E-state index is -0.0488. The Morgan fingerprint density at radius 2 is 2.06 bits per heavy atom. The summed E-state index contributed by atoms with van der Waals surface area (Å²) in [6.45, 7) is 1.30. The Balaban J connectivity index is 1.80. The van der Waals surface area contributed by atoms with E-state index in [0.29, 0.717) is 13.1 Å². The van der Waals surface area contributed by atoms with E-state index in [1.165, 1.54) is 0 Å². The van der Waals surface area contributed by atoms with E-state index in [1.807, 2.05) is 59.7 Å². The van der Waals surface area contributed by atoms with Crippen LogP contribution in [0.4, 0.5) is 0 Å². The molecule has 0 radical (unpaired) electrons. The van der Waals surface area contributed by atoms with Crippen molar-refractivity contribution in [1.29, 1.82) is 0 Å². The third-order valence-electron chi connectivity index (χ3n) is 3.24. The van der Waals surface area contributed by atoms with Crippen molar-refractivity contribution in [3.8, 4) is 0 Å². The summed E-state index contributed by atoms with van der Waals surface area (Å²) >= 11 is 0. The molecule has 0 saturated carbocycles. The van der Waals surface area contributed by atoms with Gasteiger partial charge < -0.3 is 4.90 Å². The zero-order valence-electron chi connectivity index (χ0n) is 9.99. The minimum Gasteiger partial charge on any atom is -0.333 e. The number of carbonyl (C=O) groups is 1. The highest BCUT2D eigenvalue weighted by Gasteiger charge is 2.26. The van der Waals surface area contributed by atoms with E-state index in [1.54, 1.807) is 0 Å². The Bertz CT molecular complexity index is 543. The quantitative estimate of drug-likeness (QED) is 0.740. The number of carbonyl (C=O) groups excluding carboxylic acids is 1. The van der Waals surface area contributed by atoms with Gasteiger partial charge in [-0.25, -0.2) is 0 Å². The zero-order valence-corrected chi connectivity index (χ0v) is 9.99. The number of benzene rings is 1. The summed E-state index contributed by atoms with van der Waals surface area (Å²) in [4.78, 5) is 18.8. The van der Waals surface area contributed by atoms with Gasteiger partial charge in [0, 0.05) is 18.3 Å². The third-order valence-corrected chi connectivity index (χ3v) is 3.24. The molecule has 3 heteroatoms. The number of ketones is 1. The van der Waals surface area contributed by atoms with Gasteiger partial charge in [0.25, 0.3) is 0 Å². The molecule has 0 bridgehead atoms. The lowest BCUT2D eigenvalue weighted by Crippen LogP contribution is -2.40. The molecule has 18 heavy (non-hydrogen) atoms. The molecule has 0 fully saturated rings. The number of fused-ring (bicyclic) bond motifs is 1. The standard InChI is InChI=1S/C15H14N2O/c18-15(12-6-2-1-3-7-12)13-10-16-14-8-4-5-9-17(14)11-13/h1-9,13H,10-11H2. The summed E-state index contributed by atoms with van der Waals surface area (Å²) in [6.07, 6.45) is 7.88. The molecule has 0 spiro atoms. The van der Waals surface area contributed by atoms with Crippen LogP contribution >= 0.6 is 0 Å². The van der Waals surface area contributed by atoms with Crippen LogP contribution in [0.25, 0.3) is 0 Å². The summed E-state index contributed by atoms with van der Waals surface area (Å²) < 4.78 is 0. The van der Waals surface area contributed by atoms with Crippen molar-refractivity contribution in [3.63, 3.8) is 0 Å². The highest BCUT2D eigenvalue weighted by atomic mass is 16.1. The molecule has 0 aliphatic carbocycles. The van der Waals surface area contributed by atoms with Gasteiger partial charge in [0.05, 0.1) is 12.5 Å². The Morgan fingerprint density at radius 3 is 2.89 bits per heavy atom. The lowest BCUT2D eigenvalue weighted by Gasteiger charge is -2.30. The van der Waals surface area contributed by atoms with Crippen molar-refractivity contribution in [3.05, 3.63) is 60.3 Å². The van der Waals surface area contributed by atoms with Gasteiger partial charge in [-0.15, -0.1) is 0 Å². The molecule has 0 N–H and O–H groups in total. The highest BCUT2D eigenvalue weighted by molar-refractivity contribution is 6.01. The fourth-order valence-electron chi connectivity index (χ4n) is 2.27. The number of nitrogens with zero attached hydrogens (tertiary/aromatic N) is 2. The van der Waals surface area contributed by atoms with Crippen LogP contribution in [0.5, 0.6) is 0 Å². The van der Waals surface area contributed by atoms with Gasteiger partial charge in [-0.2, -0.15) is 0 Å². The largest absolute Gasteiger partial charge is 0.333 e. The fourth-order valence-corrected chi connectivity index (χ4v) is 2.27. The topological polar surface area (TPSA) is 32.7 Å². The summed E-state index contributed by atoms with van der Waals surface area (Å²) in [7, 11) is 0. The molecule has 90 valence electrons. The van der Waals surface area contributed by atoms with E-state index < -0.39 is 0 Å². The number of hydrogen-bond acceptors (Lipinski definition) is 3. The smallest absolute Gasteiger partial charge is 0.169 e. The maximum Gasteiger partial charge on any atom is 0.169 e. The Hall–Kier alpha value is -2.16. The molecular formula is C15H14N2O. The van der Waals surface area contributed by atoms with Crippen molar-refractivity contribution in [2.75, 3.05) is 13.1 Å². The van der Waals surface area contributed by atoms with E-state index in [0.717, 1.165) is 11.4 Å². The maximum absolute atomic E-state index is 12.3. The van der Waals surface area contributed by atoms with Crippen molar-refractivity contribution >= 4 is 11.6 Å². The molecule has 1 unspecified atom stereocenters. The van der Waals surface area contributed by atoms with Gasteiger partial charge >= 0.3 is 0 Å². The molecule has 2 heterocycles. The van der Waals surface area contributed by atoms with Crippen LogP contribution in [-0.2, 0) is 0 Å². The maximum atomic E-state index is 12.3. The van der Waals surface area contributed by atoms with Gasteiger partial charge in [0.2, 0.25) is 0 Å². The molecule has 0 saturated heterocycles. The van der Waals surface area contributed by atoms with E-state index in [4.69, 9.17) is 0 Å². The molecule has 1 atom stereocenters. The van der Waals surface area contributed by atoms with Crippen LogP contribution in [0.3, 0.4) is 0 Å². The Labute approximate surface area is 106 Å². The number of amidine groups is 1. The second-order valence-electron chi connectivity index (χ2n) is 4.48. The Morgan fingerprint density at radius 1 is 1.22 bits per heavy atom. The van der Waals surface area contributed by atoms with Crippen molar-refractivity contribution in [2.45, 2.75) is 0 Å². The molecule has 0 amide bonds. The Kier molecular flexibility index (Phi) is 2.81. The average molecular weight is 238 g/mol. The second-order valence-corrected chi connectivity index (χ2v) is 4.48. The lowest BCUT2D eigenvalue weighted by atomic mass is 9.95. The normalized spacial score (nSPS) is 21.4. The van der Waals surface area contributed by atoms with Crippen LogP contribution in [0.2, 0.25) is 0 Å². The molecule has 2 aliphatic heterocycles. The van der Waals surface area contributed by atoms with Crippen LogP contribution in [-0.4, -0.2) is 29.6 Å². The van der Waals surface area contributed by atoms with Crippen molar-refractivity contribution in [1.82, 2.24) is 4.90 Å². The first-order valence-corrected chi connectivity index (χ1v) is 6.10. The highest BCUT2D eigenvalue weighted by Crippen LogP contribution is 2.18. The number of hydrogen-bond donors (Lipinski definition) is 0. The molecule has 3 nitrogen and oxygen atoms in total. The van der Waals surface area contributed by atoms with E-state index in [-0.39, 0.29) is 11.7 Å². The minimum absolute atomic E-state index is 0.0488. The third kappa shape index (κ3) is 1.99. The average Bonchev–Trinajstić information content (AvgIpc) is 2.47. The molecule has 1 aromatic rings. The summed E-state index contributed by atoms with van der Waals surface area (Å²) in [5.41, 5.74) is 0.776. The monoisotopic (exact) mass is 238 g/mol. The van der Waals surface area contributed by atoms with Crippen LogP contribution in [0.1, 0.15) is 10.4 Å². The van der Waals surface area contributed by atoms with Gasteiger partial charge in [-0.05, 0) is 12.2 Å². The van der Waals surface area contributed by atoms with Gasteiger partial charge in [0.1, 0.15) is 5.84 Å². The van der Waals surface area contributed by atoms with Gasteiger partial charge in [0.15, 0.2) is 5.78 Å². The predicted molar refractivity (Wildman–Crippen MR) is 71.6 cm³/mol. The first kappa shape index (κ1) is 11.0. The molecule has 1 aromatic carbocycles. The molecule has 2 aliphatic rings. The predicted octanol–water partition coefficient (Wildman–Crippen LogP) is 2.28. The second kappa shape index (κ2) is 4.61. The number of aliphatic imine (C=N–C) groups is 1. The SMILES string of the molecule is O=C(c1ccccc1)C1CN=C2C=CC=CN2C1. The van der Waals surface area contributed by atoms with E-state index in [9.17, 15) is 4.79 Å². The summed E-state index contributed by atoms with van der Waals surface area (Å²) in [5.74, 6) is 1.09. The van der Waals surface area contributed by atoms with Crippen molar-refractivity contribution < 1.29 is 4.79 Å². The summed E-state index contributed by atoms with van der Waals surface area (Å²) in [6, 6.07) is 9.45. The van der Waals surface area contributed by atoms with Gasteiger partial charge in [-0.3, -0.25) is 9.79 Å². The number of rotatable bonds is 2. The van der Waals surface area contributed by atoms with Crippen LogP contribution in [0.15, 0.2) is 59.8 Å². The number of allylic oxidation sites excluding steroid dienone is 2. The fraction of sp³-hybridized carbons (Fsp3) is 0.200. The summed E-state index contributed by atoms with van der Waals surface area (Å²) in [5, 5.41) is 0. The van der Waals surface area contributed by atoms with E-state index >= 15 is 0 Å². The lowest BCUT2D eigenvalue weighted by molar-refractivity contribution is 0.0909. The molecule has 0 aromatic heterocycles. The first-order valence-electron chi connectivity index (χ1n) is 6.10. The van der Waals surface area contributed by atoms with Crippen LogP contribution in [0, 0.1) is 5.92 Å². The number of Topliss-reactive ketones (excluding diaryl/α,β-unsaturated/α-hetero) is 1. The van der Waals surface area contributed by atoms with Gasteiger partial charge in [-0.1, -0.05) is 36.4 Å². The van der Waals surface area contributed by atoms with Crippen molar-refractivity contribution in [2.24, 2.45) is 10.9 Å². The first-order chi connectivity index (χ1) is 8.84. The zero-order chi connectivity index (χ0) is 12.4.